The topological polar surface area (TPSA) is 81.4 Å². The van der Waals surface area contributed by atoms with Gasteiger partial charge in [-0.25, -0.2) is 13.3 Å². The Kier molecular flexibility index (Phi) is 5.09. The number of nitrogens with zero attached hydrogens (tertiary/aromatic N) is 3. The molecule has 0 unspecified atom stereocenters. The Morgan fingerprint density at radius 3 is 2.96 bits per heavy atom. The summed E-state index contributed by atoms with van der Waals surface area (Å²) in [5.74, 6) is -1.63. The summed E-state index contributed by atoms with van der Waals surface area (Å²) in [6, 6.07) is 3.01. The first-order valence-electron chi connectivity index (χ1n) is 8.91. The van der Waals surface area contributed by atoms with E-state index in [-0.39, 0.29) is 24.0 Å². The Balaban J connectivity index is 1.76. The van der Waals surface area contributed by atoms with Gasteiger partial charge in [0.15, 0.2) is 5.82 Å². The van der Waals surface area contributed by atoms with Crippen LogP contribution in [0.2, 0.25) is 5.28 Å². The number of furan rings is 1. The highest BCUT2D eigenvalue weighted by Gasteiger charge is 2.42. The van der Waals surface area contributed by atoms with E-state index in [1.165, 1.54) is 0 Å². The van der Waals surface area contributed by atoms with Gasteiger partial charge < -0.3 is 15.5 Å². The molecular formula is C18H19BrClF2N5O. The minimum absolute atomic E-state index is 0.0659. The molecule has 0 aliphatic heterocycles. The molecule has 4 rings (SSSR count). The second kappa shape index (κ2) is 7.27. The van der Waals surface area contributed by atoms with Crippen LogP contribution in [0.4, 0.5) is 14.6 Å². The van der Waals surface area contributed by atoms with Crippen molar-refractivity contribution in [2.75, 3.05) is 5.32 Å². The summed E-state index contributed by atoms with van der Waals surface area (Å²) in [4.78, 5) is 4.31. The second-order valence-electron chi connectivity index (χ2n) is 7.12. The molecule has 1 aliphatic carbocycles. The first kappa shape index (κ1) is 19.6. The zero-order valence-corrected chi connectivity index (χ0v) is 17.4. The molecule has 1 aliphatic rings. The molecular weight excluding hydrogens is 456 g/mol. The number of rotatable bonds is 4. The van der Waals surface area contributed by atoms with E-state index in [1.807, 2.05) is 13.0 Å². The number of alkyl halides is 2. The van der Waals surface area contributed by atoms with Crippen LogP contribution in [0, 0.1) is 6.92 Å². The van der Waals surface area contributed by atoms with Crippen LogP contribution in [0.3, 0.4) is 0 Å². The van der Waals surface area contributed by atoms with Gasteiger partial charge >= 0.3 is 0 Å². The monoisotopic (exact) mass is 473 g/mol. The molecule has 1 fully saturated rings. The molecule has 0 spiro atoms. The van der Waals surface area contributed by atoms with E-state index in [0.29, 0.717) is 23.4 Å². The van der Waals surface area contributed by atoms with Crippen LogP contribution >= 0.6 is 27.5 Å². The van der Waals surface area contributed by atoms with Gasteiger partial charge in [-0.1, -0.05) is 0 Å². The van der Waals surface area contributed by atoms with Gasteiger partial charge in [0.25, 0.3) is 0 Å². The number of hydrogen-bond donors (Lipinski definition) is 2. The molecule has 0 bridgehead atoms. The van der Waals surface area contributed by atoms with Gasteiger partial charge in [0.1, 0.15) is 15.9 Å². The fourth-order valence-corrected chi connectivity index (χ4v) is 4.95. The SMILES string of the molecule is Cc1c([C@H]2CCC(F)(F)C[C@@H]2N)c(Br)n2nc(Cl)nc(NCc3ccco3)c12. The standard InChI is InChI=1S/C18H19BrClF2N5O/c1-9-13(11-4-5-18(21,22)7-12(11)23)15(19)27-14(9)16(25-17(20)26-27)24-8-10-3-2-6-28-10/h2-3,6,11-12H,4-5,7-8,23H2,1H3,(H,24,25,26)/t11-,12-/m0/s1. The maximum atomic E-state index is 13.7. The third kappa shape index (κ3) is 3.51. The molecule has 10 heteroatoms. The van der Waals surface area contributed by atoms with Crippen LogP contribution in [0.5, 0.6) is 0 Å². The number of halogens is 4. The molecule has 0 amide bonds. The minimum Gasteiger partial charge on any atom is -0.467 e. The number of anilines is 1. The molecule has 2 atom stereocenters. The van der Waals surface area contributed by atoms with E-state index in [2.05, 4.69) is 31.3 Å². The minimum atomic E-state index is -2.71. The quantitative estimate of drug-likeness (QED) is 0.563. The van der Waals surface area contributed by atoms with Gasteiger partial charge in [0.05, 0.1) is 12.8 Å². The molecule has 0 aromatic carbocycles. The number of aromatic nitrogens is 3. The largest absolute Gasteiger partial charge is 0.467 e. The Morgan fingerprint density at radius 2 is 2.29 bits per heavy atom. The summed E-state index contributed by atoms with van der Waals surface area (Å²) >= 11 is 9.70. The van der Waals surface area contributed by atoms with E-state index in [1.54, 1.807) is 16.8 Å². The van der Waals surface area contributed by atoms with E-state index in [4.69, 9.17) is 21.8 Å². The average molecular weight is 475 g/mol. The normalized spacial score (nSPS) is 21.9. The lowest BCUT2D eigenvalue weighted by Crippen LogP contribution is -2.40. The van der Waals surface area contributed by atoms with Gasteiger partial charge in [-0.3, -0.25) is 0 Å². The van der Waals surface area contributed by atoms with Crippen LogP contribution in [0.1, 0.15) is 42.1 Å². The molecule has 0 radical (unpaired) electrons. The molecule has 0 saturated heterocycles. The molecule has 28 heavy (non-hydrogen) atoms. The van der Waals surface area contributed by atoms with Gasteiger partial charge in [-0.15, -0.1) is 5.10 Å². The summed E-state index contributed by atoms with van der Waals surface area (Å²) in [5, 5.41) is 7.57. The number of fused-ring (bicyclic) bond motifs is 1. The lowest BCUT2D eigenvalue weighted by atomic mass is 9.78. The molecule has 3 aromatic rings. The summed E-state index contributed by atoms with van der Waals surface area (Å²) in [6.07, 6.45) is 1.39. The summed E-state index contributed by atoms with van der Waals surface area (Å²) in [6.45, 7) is 2.34. The van der Waals surface area contributed by atoms with E-state index in [0.717, 1.165) is 22.4 Å². The average Bonchev–Trinajstić information content (AvgIpc) is 3.21. The molecule has 6 nitrogen and oxygen atoms in total. The number of hydrogen-bond acceptors (Lipinski definition) is 5. The Hall–Kier alpha value is -1.71. The van der Waals surface area contributed by atoms with Gasteiger partial charge in [-0.05, 0) is 64.1 Å². The van der Waals surface area contributed by atoms with Crippen molar-refractivity contribution in [2.45, 2.75) is 50.6 Å². The highest BCUT2D eigenvalue weighted by molar-refractivity contribution is 9.10. The fourth-order valence-electron chi connectivity index (χ4n) is 3.94. The molecule has 3 aromatic heterocycles. The first-order chi connectivity index (χ1) is 13.3. The van der Waals surface area contributed by atoms with Crippen molar-refractivity contribution in [3.05, 3.63) is 45.2 Å². The maximum Gasteiger partial charge on any atom is 0.249 e. The van der Waals surface area contributed by atoms with Crippen LogP contribution in [-0.2, 0) is 6.54 Å². The Morgan fingerprint density at radius 1 is 1.50 bits per heavy atom. The van der Waals surface area contributed by atoms with Gasteiger partial charge in [0.2, 0.25) is 11.2 Å². The van der Waals surface area contributed by atoms with Crippen LogP contribution in [0.15, 0.2) is 27.4 Å². The Bertz CT molecular complexity index is 1010. The van der Waals surface area contributed by atoms with Crippen molar-refractivity contribution >= 4 is 38.9 Å². The predicted octanol–water partition coefficient (Wildman–Crippen LogP) is 4.89. The molecule has 3 N–H and O–H groups in total. The van der Waals surface area contributed by atoms with Crippen molar-refractivity contribution in [1.29, 1.82) is 0 Å². The Labute approximate surface area is 173 Å². The molecule has 150 valence electrons. The van der Waals surface area contributed by atoms with E-state index < -0.39 is 12.0 Å². The lowest BCUT2D eigenvalue weighted by Gasteiger charge is -2.34. The van der Waals surface area contributed by atoms with Crippen LogP contribution < -0.4 is 11.1 Å². The lowest BCUT2D eigenvalue weighted by molar-refractivity contribution is -0.0447. The van der Waals surface area contributed by atoms with Gasteiger partial charge in [-0.2, -0.15) is 4.98 Å². The summed E-state index contributed by atoms with van der Waals surface area (Å²) < 4.78 is 35.1. The second-order valence-corrected chi connectivity index (χ2v) is 8.21. The summed E-state index contributed by atoms with van der Waals surface area (Å²) in [5.41, 5.74) is 8.62. The summed E-state index contributed by atoms with van der Waals surface area (Å²) in [7, 11) is 0. The zero-order valence-electron chi connectivity index (χ0n) is 15.1. The fraction of sp³-hybridized carbons (Fsp3) is 0.444. The van der Waals surface area contributed by atoms with Crippen molar-refractivity contribution in [3.63, 3.8) is 0 Å². The van der Waals surface area contributed by atoms with E-state index in [9.17, 15) is 8.78 Å². The zero-order chi connectivity index (χ0) is 20.1. The third-order valence-electron chi connectivity index (χ3n) is 5.24. The maximum absolute atomic E-state index is 13.7. The molecule has 1 saturated carbocycles. The van der Waals surface area contributed by atoms with E-state index >= 15 is 0 Å². The highest BCUT2D eigenvalue weighted by Crippen LogP contribution is 2.45. The first-order valence-corrected chi connectivity index (χ1v) is 10.1. The van der Waals surface area contributed by atoms with Crippen molar-refractivity contribution < 1.29 is 13.2 Å². The van der Waals surface area contributed by atoms with Crippen molar-refractivity contribution in [1.82, 2.24) is 14.6 Å². The third-order valence-corrected chi connectivity index (χ3v) is 6.17. The van der Waals surface area contributed by atoms with Crippen molar-refractivity contribution in [2.24, 2.45) is 5.73 Å². The van der Waals surface area contributed by atoms with Crippen LogP contribution in [0.25, 0.3) is 5.52 Å². The predicted molar refractivity (Wildman–Crippen MR) is 106 cm³/mol. The number of nitrogens with two attached hydrogens (primary N) is 1. The smallest absolute Gasteiger partial charge is 0.249 e. The highest BCUT2D eigenvalue weighted by atomic mass is 79.9. The van der Waals surface area contributed by atoms with Gasteiger partial charge in [0, 0.05) is 24.8 Å². The number of nitrogens with one attached hydrogen (secondary N) is 1. The number of aryl methyl sites for hydroxylation is 1. The molecule has 3 heterocycles. The van der Waals surface area contributed by atoms with Crippen molar-refractivity contribution in [3.8, 4) is 0 Å². The van der Waals surface area contributed by atoms with Crippen LogP contribution in [-0.4, -0.2) is 26.6 Å².